The van der Waals surface area contributed by atoms with Crippen molar-refractivity contribution in [3.05, 3.63) is 34.9 Å². The van der Waals surface area contributed by atoms with Crippen LogP contribution in [0.25, 0.3) is 0 Å². The molecule has 0 unspecified atom stereocenters. The summed E-state index contributed by atoms with van der Waals surface area (Å²) in [4.78, 5) is 20.3. The minimum absolute atomic E-state index is 0.0870. The van der Waals surface area contributed by atoms with E-state index < -0.39 is 0 Å². The number of hydrogen-bond acceptors (Lipinski definition) is 4. The molecule has 1 aromatic rings. The van der Waals surface area contributed by atoms with Gasteiger partial charge in [0.15, 0.2) is 0 Å². The number of benzene rings is 1. The Bertz CT molecular complexity index is 658. The second-order valence-electron chi connectivity index (χ2n) is 8.40. The van der Waals surface area contributed by atoms with Crippen LogP contribution in [0.1, 0.15) is 24.2 Å². The summed E-state index contributed by atoms with van der Waals surface area (Å²) in [5, 5.41) is 0.659. The SMILES string of the molecule is CC(C)CN1CC2(C1)CN(C(=O)c1ccc(Cl)cc1)C[C@@H]1COCCN12. The standard InChI is InChI=1S/C20H28ClN3O2/c1-15(2)9-22-12-20(13-22)14-23(10-18-11-26-8-7-24(18)20)19(25)16-3-5-17(21)6-4-16/h3-6,15,18H,7-14H2,1-2H3/t18-/m1/s1. The van der Waals surface area contributed by atoms with Gasteiger partial charge in [0.2, 0.25) is 0 Å². The van der Waals surface area contributed by atoms with Crippen molar-refractivity contribution in [1.82, 2.24) is 14.7 Å². The van der Waals surface area contributed by atoms with Gasteiger partial charge in [0, 0.05) is 49.9 Å². The molecule has 4 rings (SSSR count). The van der Waals surface area contributed by atoms with Crippen molar-refractivity contribution in [2.24, 2.45) is 5.92 Å². The van der Waals surface area contributed by atoms with E-state index in [1.54, 1.807) is 12.1 Å². The number of morpholine rings is 1. The van der Waals surface area contributed by atoms with Crippen LogP contribution in [0.4, 0.5) is 0 Å². The van der Waals surface area contributed by atoms with Gasteiger partial charge in [-0.25, -0.2) is 0 Å². The third kappa shape index (κ3) is 3.38. The molecule has 1 aromatic carbocycles. The quantitative estimate of drug-likeness (QED) is 0.809. The summed E-state index contributed by atoms with van der Waals surface area (Å²) >= 11 is 5.97. The molecule has 142 valence electrons. The zero-order valence-corrected chi connectivity index (χ0v) is 16.4. The van der Waals surface area contributed by atoms with E-state index in [9.17, 15) is 4.79 Å². The van der Waals surface area contributed by atoms with Crippen LogP contribution in [0.3, 0.4) is 0 Å². The van der Waals surface area contributed by atoms with Gasteiger partial charge >= 0.3 is 0 Å². The summed E-state index contributed by atoms with van der Waals surface area (Å²) in [6.45, 7) is 11.8. The number of nitrogens with zero attached hydrogens (tertiary/aromatic N) is 3. The molecule has 3 aliphatic heterocycles. The highest BCUT2D eigenvalue weighted by Gasteiger charge is 2.54. The van der Waals surface area contributed by atoms with Crippen LogP contribution in [0.15, 0.2) is 24.3 Å². The molecule has 5 nitrogen and oxygen atoms in total. The Hall–Kier alpha value is -1.14. The van der Waals surface area contributed by atoms with Crippen molar-refractivity contribution in [3.63, 3.8) is 0 Å². The normalized spacial score (nSPS) is 26.0. The molecule has 1 spiro atoms. The van der Waals surface area contributed by atoms with Crippen LogP contribution in [-0.2, 0) is 4.74 Å². The molecule has 1 amide bonds. The van der Waals surface area contributed by atoms with E-state index in [0.29, 0.717) is 22.5 Å². The smallest absolute Gasteiger partial charge is 0.253 e. The van der Waals surface area contributed by atoms with Crippen molar-refractivity contribution in [2.75, 3.05) is 52.5 Å². The number of carbonyl (C=O) groups excluding carboxylic acids is 1. The van der Waals surface area contributed by atoms with Crippen LogP contribution >= 0.6 is 11.6 Å². The molecule has 0 bridgehead atoms. The van der Waals surface area contributed by atoms with E-state index in [2.05, 4.69) is 23.6 Å². The number of hydrogen-bond donors (Lipinski definition) is 0. The molecule has 0 aliphatic carbocycles. The van der Waals surface area contributed by atoms with Gasteiger partial charge in [-0.3, -0.25) is 14.6 Å². The molecule has 3 aliphatic rings. The molecule has 0 N–H and O–H groups in total. The molecule has 3 fully saturated rings. The Morgan fingerprint density at radius 1 is 1.27 bits per heavy atom. The molecule has 0 radical (unpaired) electrons. The number of likely N-dealkylation sites (tertiary alicyclic amines) is 1. The number of piperazine rings is 1. The highest BCUT2D eigenvalue weighted by Crippen LogP contribution is 2.36. The second kappa shape index (κ2) is 7.12. The first-order valence-corrected chi connectivity index (χ1v) is 9.96. The molecule has 0 saturated carbocycles. The van der Waals surface area contributed by atoms with E-state index in [0.717, 1.165) is 52.5 Å². The Morgan fingerprint density at radius 2 is 2.00 bits per heavy atom. The first kappa shape index (κ1) is 18.2. The van der Waals surface area contributed by atoms with Crippen LogP contribution in [0, 0.1) is 5.92 Å². The lowest BCUT2D eigenvalue weighted by atomic mass is 9.82. The summed E-state index contributed by atoms with van der Waals surface area (Å²) in [5.41, 5.74) is 0.803. The fraction of sp³-hybridized carbons (Fsp3) is 0.650. The number of amides is 1. The van der Waals surface area contributed by atoms with Gasteiger partial charge in [0.1, 0.15) is 0 Å². The minimum Gasteiger partial charge on any atom is -0.378 e. The van der Waals surface area contributed by atoms with E-state index >= 15 is 0 Å². The number of ether oxygens (including phenoxy) is 1. The van der Waals surface area contributed by atoms with Gasteiger partial charge in [-0.15, -0.1) is 0 Å². The molecule has 6 heteroatoms. The van der Waals surface area contributed by atoms with Crippen LogP contribution in [0.5, 0.6) is 0 Å². The number of halogens is 1. The Balaban J connectivity index is 1.52. The fourth-order valence-corrected chi connectivity index (χ4v) is 4.96. The third-order valence-corrected chi connectivity index (χ3v) is 6.04. The van der Waals surface area contributed by atoms with Crippen LogP contribution in [0.2, 0.25) is 5.02 Å². The van der Waals surface area contributed by atoms with E-state index in [-0.39, 0.29) is 11.4 Å². The molecular formula is C20H28ClN3O2. The predicted molar refractivity (Wildman–Crippen MR) is 103 cm³/mol. The van der Waals surface area contributed by atoms with Crippen molar-refractivity contribution >= 4 is 17.5 Å². The van der Waals surface area contributed by atoms with E-state index in [1.807, 2.05) is 17.0 Å². The minimum atomic E-state index is 0.0870. The molecule has 3 saturated heterocycles. The fourth-order valence-electron chi connectivity index (χ4n) is 4.84. The number of rotatable bonds is 3. The lowest BCUT2D eigenvalue weighted by Crippen LogP contribution is -2.81. The maximum atomic E-state index is 13.1. The van der Waals surface area contributed by atoms with Gasteiger partial charge in [-0.1, -0.05) is 25.4 Å². The predicted octanol–water partition coefficient (Wildman–Crippen LogP) is 2.21. The maximum absolute atomic E-state index is 13.1. The Labute approximate surface area is 160 Å². The van der Waals surface area contributed by atoms with E-state index in [1.165, 1.54) is 0 Å². The van der Waals surface area contributed by atoms with Gasteiger partial charge in [0.05, 0.1) is 24.8 Å². The second-order valence-corrected chi connectivity index (χ2v) is 8.84. The number of fused-ring (bicyclic) bond motifs is 2. The molecule has 26 heavy (non-hydrogen) atoms. The maximum Gasteiger partial charge on any atom is 0.253 e. The molecular weight excluding hydrogens is 350 g/mol. The van der Waals surface area contributed by atoms with Gasteiger partial charge in [0.25, 0.3) is 5.91 Å². The van der Waals surface area contributed by atoms with Gasteiger partial charge < -0.3 is 9.64 Å². The average molecular weight is 378 g/mol. The number of carbonyl (C=O) groups is 1. The summed E-state index contributed by atoms with van der Waals surface area (Å²) in [7, 11) is 0. The van der Waals surface area contributed by atoms with Crippen LogP contribution in [-0.4, -0.2) is 84.7 Å². The summed E-state index contributed by atoms with van der Waals surface area (Å²) in [6, 6.07) is 7.53. The Morgan fingerprint density at radius 3 is 2.69 bits per heavy atom. The summed E-state index contributed by atoms with van der Waals surface area (Å²) in [5.74, 6) is 0.775. The van der Waals surface area contributed by atoms with Crippen molar-refractivity contribution < 1.29 is 9.53 Å². The van der Waals surface area contributed by atoms with Gasteiger partial charge in [-0.05, 0) is 30.2 Å². The lowest BCUT2D eigenvalue weighted by molar-refractivity contribution is -0.159. The lowest BCUT2D eigenvalue weighted by Gasteiger charge is -2.63. The van der Waals surface area contributed by atoms with Crippen molar-refractivity contribution in [2.45, 2.75) is 25.4 Å². The third-order valence-electron chi connectivity index (χ3n) is 5.79. The van der Waals surface area contributed by atoms with Crippen molar-refractivity contribution in [1.29, 1.82) is 0 Å². The van der Waals surface area contributed by atoms with Gasteiger partial charge in [-0.2, -0.15) is 0 Å². The molecule has 3 heterocycles. The largest absolute Gasteiger partial charge is 0.378 e. The first-order valence-electron chi connectivity index (χ1n) is 9.58. The average Bonchev–Trinajstić information content (AvgIpc) is 2.60. The highest BCUT2D eigenvalue weighted by atomic mass is 35.5. The van der Waals surface area contributed by atoms with Crippen LogP contribution < -0.4 is 0 Å². The topological polar surface area (TPSA) is 36.0 Å². The zero-order valence-electron chi connectivity index (χ0n) is 15.7. The summed E-state index contributed by atoms with van der Waals surface area (Å²) in [6.07, 6.45) is 0. The zero-order chi connectivity index (χ0) is 18.3. The van der Waals surface area contributed by atoms with Crippen molar-refractivity contribution in [3.8, 4) is 0 Å². The molecule has 0 aromatic heterocycles. The molecule has 1 atom stereocenters. The first-order chi connectivity index (χ1) is 12.5. The monoisotopic (exact) mass is 377 g/mol. The Kier molecular flexibility index (Phi) is 4.99. The summed E-state index contributed by atoms with van der Waals surface area (Å²) < 4.78 is 5.73. The highest BCUT2D eigenvalue weighted by molar-refractivity contribution is 6.30. The van der Waals surface area contributed by atoms with E-state index in [4.69, 9.17) is 16.3 Å².